The molecule has 13 heteroatoms. The average Bonchev–Trinajstić information content (AvgIpc) is 2.74. The number of amides is 4. The molecular formula is C19H27N5O7S. The second kappa shape index (κ2) is 13.3. The van der Waals surface area contributed by atoms with E-state index in [9.17, 15) is 29.1 Å². The summed E-state index contributed by atoms with van der Waals surface area (Å²) in [6, 6.07) is 3.48. The van der Waals surface area contributed by atoms with Gasteiger partial charge in [0.05, 0.1) is 19.1 Å². The van der Waals surface area contributed by atoms with E-state index in [0.29, 0.717) is 0 Å². The van der Waals surface area contributed by atoms with E-state index in [0.717, 1.165) is 5.56 Å². The van der Waals surface area contributed by atoms with Crippen LogP contribution in [-0.2, 0) is 30.4 Å². The molecule has 4 unspecified atom stereocenters. The Bertz CT molecular complexity index is 824. The Balaban J connectivity index is 2.80. The highest BCUT2D eigenvalue weighted by Crippen LogP contribution is 2.03. The van der Waals surface area contributed by atoms with Crippen molar-refractivity contribution in [1.29, 1.82) is 0 Å². The maximum Gasteiger partial charge on any atom is 0.327 e. The van der Waals surface area contributed by atoms with Crippen LogP contribution in [0, 0.1) is 0 Å². The molecule has 0 aliphatic rings. The summed E-state index contributed by atoms with van der Waals surface area (Å²) in [5, 5.41) is 25.1. The molecule has 0 heterocycles. The largest absolute Gasteiger partial charge is 0.480 e. The number of hydrogen-bond donors (Lipinski definition) is 8. The van der Waals surface area contributed by atoms with Gasteiger partial charge in [-0.3, -0.25) is 19.2 Å². The number of thiol groups is 1. The van der Waals surface area contributed by atoms with Gasteiger partial charge in [0, 0.05) is 5.75 Å². The Morgan fingerprint density at radius 1 is 0.906 bits per heavy atom. The zero-order valence-corrected chi connectivity index (χ0v) is 18.0. The molecule has 0 aromatic heterocycles. The molecule has 12 nitrogen and oxygen atoms in total. The third-order valence-corrected chi connectivity index (χ3v) is 4.65. The van der Waals surface area contributed by atoms with E-state index in [1.165, 1.54) is 0 Å². The number of aliphatic hydroxyl groups is 1. The van der Waals surface area contributed by atoms with Gasteiger partial charge in [0.1, 0.15) is 18.1 Å². The van der Waals surface area contributed by atoms with Gasteiger partial charge in [-0.2, -0.15) is 12.6 Å². The second-order valence-electron chi connectivity index (χ2n) is 6.85. The summed E-state index contributed by atoms with van der Waals surface area (Å²) in [5.74, 6) is -5.27. The molecule has 0 radical (unpaired) electrons. The van der Waals surface area contributed by atoms with Crippen LogP contribution in [0.25, 0.3) is 0 Å². The predicted octanol–water partition coefficient (Wildman–Crippen LogP) is -3.11. The minimum atomic E-state index is -1.54. The van der Waals surface area contributed by atoms with Crippen LogP contribution in [0.3, 0.4) is 0 Å². The first-order valence-electron chi connectivity index (χ1n) is 9.52. The average molecular weight is 470 g/mol. The maximum absolute atomic E-state index is 12.5. The number of hydrogen-bond acceptors (Lipinski definition) is 8. The molecule has 0 aliphatic carbocycles. The molecule has 9 N–H and O–H groups in total. The van der Waals surface area contributed by atoms with Crippen LogP contribution in [0.1, 0.15) is 12.0 Å². The zero-order chi connectivity index (χ0) is 24.3. The molecule has 1 rings (SSSR count). The lowest BCUT2D eigenvalue weighted by atomic mass is 10.1. The summed E-state index contributed by atoms with van der Waals surface area (Å²) in [6.07, 6.45) is -0.463. The quantitative estimate of drug-likeness (QED) is 0.138. The second-order valence-corrected chi connectivity index (χ2v) is 7.22. The lowest BCUT2D eigenvalue weighted by molar-refractivity contribution is -0.141. The molecule has 32 heavy (non-hydrogen) atoms. The fourth-order valence-corrected chi connectivity index (χ4v) is 2.82. The predicted molar refractivity (Wildman–Crippen MR) is 116 cm³/mol. The number of carbonyl (C=O) groups excluding carboxylic acids is 4. The lowest BCUT2D eigenvalue weighted by Gasteiger charge is -2.23. The van der Waals surface area contributed by atoms with Gasteiger partial charge in [-0.05, 0) is 12.0 Å². The first-order valence-corrected chi connectivity index (χ1v) is 10.2. The van der Waals surface area contributed by atoms with Crippen LogP contribution >= 0.6 is 12.6 Å². The van der Waals surface area contributed by atoms with E-state index in [4.69, 9.17) is 16.6 Å². The van der Waals surface area contributed by atoms with Crippen molar-refractivity contribution < 1.29 is 34.2 Å². The number of carbonyl (C=O) groups is 5. The number of carboxylic acids is 1. The molecule has 4 atom stereocenters. The summed E-state index contributed by atoms with van der Waals surface area (Å²) in [5.41, 5.74) is 11.7. The number of carboxylic acid groups (broad SMARTS) is 1. The van der Waals surface area contributed by atoms with Gasteiger partial charge < -0.3 is 37.6 Å². The van der Waals surface area contributed by atoms with E-state index in [-0.39, 0.29) is 12.2 Å². The molecular weight excluding hydrogens is 442 g/mol. The molecule has 0 spiro atoms. The van der Waals surface area contributed by atoms with Gasteiger partial charge >= 0.3 is 5.97 Å². The number of aliphatic carboxylic acids is 1. The topological polar surface area (TPSA) is 214 Å². The van der Waals surface area contributed by atoms with Crippen LogP contribution in [-0.4, -0.2) is 76.3 Å². The van der Waals surface area contributed by atoms with Crippen LogP contribution in [0.15, 0.2) is 30.3 Å². The molecule has 0 bridgehead atoms. The first kappa shape index (κ1) is 26.9. The van der Waals surface area contributed by atoms with E-state index in [2.05, 4.69) is 28.6 Å². The van der Waals surface area contributed by atoms with Crippen LogP contribution in [0.4, 0.5) is 0 Å². The summed E-state index contributed by atoms with van der Waals surface area (Å²) in [6.45, 7) is -0.824. The highest BCUT2D eigenvalue weighted by molar-refractivity contribution is 7.80. The van der Waals surface area contributed by atoms with E-state index in [1.54, 1.807) is 30.3 Å². The molecule has 176 valence electrons. The molecule has 1 aromatic carbocycles. The van der Waals surface area contributed by atoms with Crippen molar-refractivity contribution in [2.24, 2.45) is 11.5 Å². The van der Waals surface area contributed by atoms with Crippen LogP contribution in [0.2, 0.25) is 0 Å². The normalized spacial score (nSPS) is 14.3. The standard InChI is InChI=1S/C19H27N5O7S/c20-11(6-10-4-2-1-3-5-10)16(27)23-13(8-25)18(29)22-12(7-15(21)26)17(28)24-14(9-32)19(30)31/h1-5,11-14,25,32H,6-9,20H2,(H2,21,26)(H,22,29)(H,23,27)(H,24,28)(H,30,31). The molecule has 4 amide bonds. The smallest absolute Gasteiger partial charge is 0.327 e. The van der Waals surface area contributed by atoms with Gasteiger partial charge in [-0.1, -0.05) is 30.3 Å². The van der Waals surface area contributed by atoms with Gasteiger partial charge in [-0.15, -0.1) is 0 Å². The fourth-order valence-electron chi connectivity index (χ4n) is 2.57. The van der Waals surface area contributed by atoms with Gasteiger partial charge in [-0.25, -0.2) is 4.79 Å². The summed E-state index contributed by atoms with van der Waals surface area (Å²) in [7, 11) is 0. The number of aliphatic hydroxyl groups excluding tert-OH is 1. The fraction of sp³-hybridized carbons (Fsp3) is 0.421. The number of nitrogens with one attached hydrogen (secondary N) is 3. The van der Waals surface area contributed by atoms with Crippen molar-refractivity contribution >= 4 is 42.2 Å². The molecule has 0 aliphatic heterocycles. The van der Waals surface area contributed by atoms with Crippen LogP contribution in [0.5, 0.6) is 0 Å². The van der Waals surface area contributed by atoms with Crippen molar-refractivity contribution in [3.63, 3.8) is 0 Å². The van der Waals surface area contributed by atoms with Crippen molar-refractivity contribution in [3.8, 4) is 0 Å². The minimum absolute atomic E-state index is 0.180. The molecule has 1 aromatic rings. The Hall–Kier alpha value is -3.16. The van der Waals surface area contributed by atoms with E-state index >= 15 is 0 Å². The lowest BCUT2D eigenvalue weighted by Crippen LogP contribution is -2.59. The van der Waals surface area contributed by atoms with E-state index < -0.39 is 66.8 Å². The number of nitrogens with two attached hydrogens (primary N) is 2. The van der Waals surface area contributed by atoms with Crippen LogP contribution < -0.4 is 27.4 Å². The van der Waals surface area contributed by atoms with E-state index in [1.807, 2.05) is 0 Å². The van der Waals surface area contributed by atoms with Crippen molar-refractivity contribution in [2.75, 3.05) is 12.4 Å². The Kier molecular flexibility index (Phi) is 11.2. The summed E-state index contributed by atoms with van der Waals surface area (Å²) in [4.78, 5) is 59.5. The van der Waals surface area contributed by atoms with Gasteiger partial charge in [0.25, 0.3) is 0 Å². The SMILES string of the molecule is NC(=O)CC(NC(=O)C(CO)NC(=O)C(N)Cc1ccccc1)C(=O)NC(CS)C(=O)O. The van der Waals surface area contributed by atoms with Gasteiger partial charge in [0.15, 0.2) is 0 Å². The Morgan fingerprint density at radius 3 is 1.94 bits per heavy atom. The zero-order valence-electron chi connectivity index (χ0n) is 17.1. The maximum atomic E-state index is 12.5. The van der Waals surface area contributed by atoms with Crippen molar-refractivity contribution in [1.82, 2.24) is 16.0 Å². The van der Waals surface area contributed by atoms with Crippen molar-refractivity contribution in [2.45, 2.75) is 37.0 Å². The molecule has 0 saturated carbocycles. The number of rotatable bonds is 13. The highest BCUT2D eigenvalue weighted by Gasteiger charge is 2.30. The Morgan fingerprint density at radius 2 is 1.44 bits per heavy atom. The van der Waals surface area contributed by atoms with Crippen molar-refractivity contribution in [3.05, 3.63) is 35.9 Å². The number of primary amides is 1. The number of benzene rings is 1. The molecule has 0 fully saturated rings. The van der Waals surface area contributed by atoms with Gasteiger partial charge in [0.2, 0.25) is 23.6 Å². The Labute approximate surface area is 189 Å². The minimum Gasteiger partial charge on any atom is -0.480 e. The third kappa shape index (κ3) is 8.91. The summed E-state index contributed by atoms with van der Waals surface area (Å²) < 4.78 is 0. The summed E-state index contributed by atoms with van der Waals surface area (Å²) >= 11 is 3.81. The first-order chi connectivity index (χ1) is 15.1. The monoisotopic (exact) mass is 469 g/mol. The third-order valence-electron chi connectivity index (χ3n) is 4.29. The molecule has 0 saturated heterocycles. The highest BCUT2D eigenvalue weighted by atomic mass is 32.1.